The van der Waals surface area contributed by atoms with Gasteiger partial charge in [0.2, 0.25) is 10.0 Å². The summed E-state index contributed by atoms with van der Waals surface area (Å²) in [5.74, 6) is 0.217. The summed E-state index contributed by atoms with van der Waals surface area (Å²) in [6.07, 6.45) is 0.644. The van der Waals surface area contributed by atoms with E-state index >= 15 is 0 Å². The smallest absolute Gasteiger partial charge is 0.214 e. The molecule has 1 aliphatic heterocycles. The maximum Gasteiger partial charge on any atom is 0.214 e. The Morgan fingerprint density at radius 3 is 2.35 bits per heavy atom. The lowest BCUT2D eigenvalue weighted by molar-refractivity contribution is 0.384. The number of halogens is 2. The highest BCUT2D eigenvalue weighted by molar-refractivity contribution is 7.89. The summed E-state index contributed by atoms with van der Waals surface area (Å²) in [5.41, 5.74) is 0.906. The van der Waals surface area contributed by atoms with E-state index in [1.54, 1.807) is 16.4 Å². The number of nitrogens with zero attached hydrogens (tertiary/aromatic N) is 2. The van der Waals surface area contributed by atoms with Gasteiger partial charge in [-0.25, -0.2) is 8.42 Å². The summed E-state index contributed by atoms with van der Waals surface area (Å²) in [6.45, 7) is 4.17. The SMILES string of the molecule is CCCS(=O)(=O)N1CCN(c2ccc(Cl)cc2Cl)CC1. The van der Waals surface area contributed by atoms with Gasteiger partial charge in [-0.1, -0.05) is 30.1 Å². The standard InChI is InChI=1S/C13H18Cl2N2O2S/c1-2-9-20(18,19)17-7-5-16(6-8-17)13-4-3-11(14)10-12(13)15/h3-4,10H,2,5-9H2,1H3. The molecule has 1 saturated heterocycles. The second kappa shape index (κ2) is 6.52. The molecule has 1 aromatic rings. The number of rotatable bonds is 4. The summed E-state index contributed by atoms with van der Waals surface area (Å²) in [4.78, 5) is 2.09. The normalized spacial score (nSPS) is 17.4. The van der Waals surface area contributed by atoms with Crippen molar-refractivity contribution in [3.05, 3.63) is 28.2 Å². The van der Waals surface area contributed by atoms with Gasteiger partial charge in [0.05, 0.1) is 16.5 Å². The lowest BCUT2D eigenvalue weighted by atomic mass is 10.2. The zero-order valence-corrected chi connectivity index (χ0v) is 13.7. The van der Waals surface area contributed by atoms with Crippen molar-refractivity contribution in [2.24, 2.45) is 0 Å². The van der Waals surface area contributed by atoms with Crippen molar-refractivity contribution in [3.8, 4) is 0 Å². The summed E-state index contributed by atoms with van der Waals surface area (Å²) in [7, 11) is -3.10. The molecule has 0 unspecified atom stereocenters. The van der Waals surface area contributed by atoms with Crippen molar-refractivity contribution >= 4 is 38.9 Å². The Kier molecular flexibility index (Phi) is 5.18. The molecule has 1 fully saturated rings. The van der Waals surface area contributed by atoms with Gasteiger partial charge >= 0.3 is 0 Å². The number of piperazine rings is 1. The van der Waals surface area contributed by atoms with Crippen molar-refractivity contribution < 1.29 is 8.42 Å². The minimum atomic E-state index is -3.10. The molecule has 0 bridgehead atoms. The Morgan fingerprint density at radius 2 is 1.80 bits per heavy atom. The Morgan fingerprint density at radius 1 is 1.15 bits per heavy atom. The first-order valence-corrected chi connectivity index (χ1v) is 8.98. The average molecular weight is 337 g/mol. The highest BCUT2D eigenvalue weighted by Gasteiger charge is 2.26. The molecule has 2 rings (SSSR count). The molecule has 1 aliphatic rings. The number of benzene rings is 1. The van der Waals surface area contributed by atoms with Crippen molar-refractivity contribution in [2.45, 2.75) is 13.3 Å². The van der Waals surface area contributed by atoms with E-state index in [0.717, 1.165) is 5.69 Å². The average Bonchev–Trinajstić information content (AvgIpc) is 2.39. The molecule has 1 aromatic carbocycles. The summed E-state index contributed by atoms with van der Waals surface area (Å²) >= 11 is 12.1. The van der Waals surface area contributed by atoms with E-state index in [-0.39, 0.29) is 5.75 Å². The lowest BCUT2D eigenvalue weighted by Crippen LogP contribution is -2.49. The van der Waals surface area contributed by atoms with Crippen LogP contribution in [0.5, 0.6) is 0 Å². The summed E-state index contributed by atoms with van der Waals surface area (Å²) in [5, 5.41) is 1.20. The lowest BCUT2D eigenvalue weighted by Gasteiger charge is -2.35. The Labute approximate surface area is 130 Å². The zero-order chi connectivity index (χ0) is 14.8. The molecule has 20 heavy (non-hydrogen) atoms. The number of hydrogen-bond donors (Lipinski definition) is 0. The summed E-state index contributed by atoms with van der Waals surface area (Å²) in [6, 6.07) is 5.38. The molecule has 0 atom stereocenters. The van der Waals surface area contributed by atoms with Crippen LogP contribution in [0, 0.1) is 0 Å². The van der Waals surface area contributed by atoms with Gasteiger partial charge in [0.1, 0.15) is 0 Å². The molecule has 4 nitrogen and oxygen atoms in total. The molecule has 0 N–H and O–H groups in total. The molecular formula is C13H18Cl2N2O2S. The van der Waals surface area contributed by atoms with Gasteiger partial charge < -0.3 is 4.90 Å². The minimum Gasteiger partial charge on any atom is -0.368 e. The minimum absolute atomic E-state index is 0.217. The number of sulfonamides is 1. The van der Waals surface area contributed by atoms with E-state index in [4.69, 9.17) is 23.2 Å². The van der Waals surface area contributed by atoms with Crippen LogP contribution in [-0.4, -0.2) is 44.7 Å². The monoisotopic (exact) mass is 336 g/mol. The van der Waals surface area contributed by atoms with Crippen molar-refractivity contribution in [1.29, 1.82) is 0 Å². The molecule has 1 heterocycles. The predicted molar refractivity (Wildman–Crippen MR) is 84.3 cm³/mol. The van der Waals surface area contributed by atoms with Crippen molar-refractivity contribution in [2.75, 3.05) is 36.8 Å². The molecular weight excluding hydrogens is 319 g/mol. The largest absolute Gasteiger partial charge is 0.368 e. The van der Waals surface area contributed by atoms with Gasteiger partial charge in [-0.3, -0.25) is 0 Å². The molecule has 0 amide bonds. The van der Waals surface area contributed by atoms with Gasteiger partial charge in [0.25, 0.3) is 0 Å². The van der Waals surface area contributed by atoms with Crippen LogP contribution in [0.15, 0.2) is 18.2 Å². The van der Waals surface area contributed by atoms with E-state index in [1.807, 2.05) is 13.0 Å². The molecule has 0 aromatic heterocycles. The van der Waals surface area contributed by atoms with E-state index < -0.39 is 10.0 Å². The maximum atomic E-state index is 12.0. The molecule has 0 aliphatic carbocycles. The van der Waals surface area contributed by atoms with Crippen LogP contribution < -0.4 is 4.90 Å². The van der Waals surface area contributed by atoms with Crippen LogP contribution in [0.3, 0.4) is 0 Å². The van der Waals surface area contributed by atoms with Gasteiger partial charge in [-0.05, 0) is 24.6 Å². The topological polar surface area (TPSA) is 40.6 Å². The number of hydrogen-bond acceptors (Lipinski definition) is 3. The molecule has 7 heteroatoms. The first-order chi connectivity index (χ1) is 9.44. The quantitative estimate of drug-likeness (QED) is 0.848. The van der Waals surface area contributed by atoms with Gasteiger partial charge in [-0.2, -0.15) is 4.31 Å². The van der Waals surface area contributed by atoms with Crippen LogP contribution >= 0.6 is 23.2 Å². The Balaban J connectivity index is 2.04. The third kappa shape index (κ3) is 3.58. The van der Waals surface area contributed by atoms with Crippen LogP contribution in [0.1, 0.15) is 13.3 Å². The Bertz CT molecular complexity index is 570. The Hall–Kier alpha value is -0.490. The zero-order valence-electron chi connectivity index (χ0n) is 11.3. The highest BCUT2D eigenvalue weighted by Crippen LogP contribution is 2.29. The molecule has 0 saturated carbocycles. The van der Waals surface area contributed by atoms with Crippen molar-refractivity contribution in [1.82, 2.24) is 4.31 Å². The van der Waals surface area contributed by atoms with Gasteiger partial charge in [0.15, 0.2) is 0 Å². The van der Waals surface area contributed by atoms with E-state index in [1.165, 1.54) is 0 Å². The molecule has 0 radical (unpaired) electrons. The molecule has 112 valence electrons. The second-order valence-corrected chi connectivity index (χ2v) is 7.73. The van der Waals surface area contributed by atoms with Crippen LogP contribution in [0.25, 0.3) is 0 Å². The third-order valence-electron chi connectivity index (χ3n) is 3.34. The first-order valence-electron chi connectivity index (χ1n) is 6.62. The van der Waals surface area contributed by atoms with E-state index in [9.17, 15) is 8.42 Å². The fourth-order valence-corrected chi connectivity index (χ4v) is 4.35. The van der Waals surface area contributed by atoms with Crippen LogP contribution in [-0.2, 0) is 10.0 Å². The van der Waals surface area contributed by atoms with E-state index in [0.29, 0.717) is 42.6 Å². The van der Waals surface area contributed by atoms with Crippen molar-refractivity contribution in [3.63, 3.8) is 0 Å². The first kappa shape index (κ1) is 15.9. The third-order valence-corrected chi connectivity index (χ3v) is 5.96. The van der Waals surface area contributed by atoms with Crippen LogP contribution in [0.2, 0.25) is 10.0 Å². The molecule has 0 spiro atoms. The maximum absolute atomic E-state index is 12.0. The van der Waals surface area contributed by atoms with E-state index in [2.05, 4.69) is 4.90 Å². The van der Waals surface area contributed by atoms with Crippen LogP contribution in [0.4, 0.5) is 5.69 Å². The van der Waals surface area contributed by atoms with Gasteiger partial charge in [0, 0.05) is 31.2 Å². The fraction of sp³-hybridized carbons (Fsp3) is 0.538. The predicted octanol–water partition coefficient (Wildman–Crippen LogP) is 2.86. The number of anilines is 1. The van der Waals surface area contributed by atoms with Gasteiger partial charge in [-0.15, -0.1) is 0 Å². The summed E-state index contributed by atoms with van der Waals surface area (Å²) < 4.78 is 25.6. The fourth-order valence-electron chi connectivity index (χ4n) is 2.33. The second-order valence-electron chi connectivity index (χ2n) is 4.80. The highest BCUT2D eigenvalue weighted by atomic mass is 35.5.